The van der Waals surface area contributed by atoms with Crippen LogP contribution in [0.5, 0.6) is 0 Å². The second-order valence-corrected chi connectivity index (χ2v) is 7.21. The van der Waals surface area contributed by atoms with E-state index in [2.05, 4.69) is 29.1 Å². The summed E-state index contributed by atoms with van der Waals surface area (Å²) in [5.74, 6) is 0. The van der Waals surface area contributed by atoms with Gasteiger partial charge in [-0.05, 0) is 19.4 Å². The van der Waals surface area contributed by atoms with E-state index in [0.29, 0.717) is 11.7 Å². The molecular formula is C20H25N7O2. The summed E-state index contributed by atoms with van der Waals surface area (Å²) in [5.41, 5.74) is 4.10. The van der Waals surface area contributed by atoms with Crippen molar-refractivity contribution in [2.45, 2.75) is 38.8 Å². The summed E-state index contributed by atoms with van der Waals surface area (Å²) in [4.78, 5) is 4.86. The first-order valence-electron chi connectivity index (χ1n) is 9.79. The Bertz CT molecular complexity index is 1090. The Morgan fingerprint density at radius 1 is 0.966 bits per heavy atom. The Kier molecular flexibility index (Phi) is 5.41. The third-order valence-corrected chi connectivity index (χ3v) is 5.12. The Hall–Kier alpha value is -3.04. The molecule has 0 aromatic carbocycles. The number of nitrogens with zero attached hydrogens (tertiary/aromatic N) is 7. The van der Waals surface area contributed by atoms with Gasteiger partial charge in [0.05, 0.1) is 60.9 Å². The molecule has 0 aliphatic rings. The van der Waals surface area contributed by atoms with Crippen LogP contribution in [0.2, 0.25) is 0 Å². The zero-order chi connectivity index (χ0) is 20.4. The van der Waals surface area contributed by atoms with Gasteiger partial charge in [-0.1, -0.05) is 13.3 Å². The minimum atomic E-state index is -0.477. The van der Waals surface area contributed by atoms with E-state index < -0.39 is 6.04 Å². The maximum atomic E-state index is 9.39. The Balaban J connectivity index is 1.76. The van der Waals surface area contributed by atoms with Crippen molar-refractivity contribution in [3.05, 3.63) is 43.2 Å². The van der Waals surface area contributed by atoms with Crippen LogP contribution in [0.15, 0.2) is 43.2 Å². The first-order valence-corrected chi connectivity index (χ1v) is 9.79. The van der Waals surface area contributed by atoms with Crippen molar-refractivity contribution in [3.8, 4) is 22.5 Å². The van der Waals surface area contributed by atoms with E-state index in [-0.39, 0.29) is 13.2 Å². The third kappa shape index (κ3) is 3.66. The summed E-state index contributed by atoms with van der Waals surface area (Å²) in [6, 6.07) is 1.77. The highest BCUT2D eigenvalue weighted by atomic mass is 16.3. The fraction of sp³-hybridized carbons (Fsp3) is 0.400. The zero-order valence-corrected chi connectivity index (χ0v) is 16.5. The summed E-state index contributed by atoms with van der Waals surface area (Å²) < 4.78 is 5.32. The van der Waals surface area contributed by atoms with Gasteiger partial charge in [0.1, 0.15) is 0 Å². The summed E-state index contributed by atoms with van der Waals surface area (Å²) in [7, 11) is 0. The molecule has 1 unspecified atom stereocenters. The van der Waals surface area contributed by atoms with Crippen LogP contribution < -0.4 is 0 Å². The summed E-state index contributed by atoms with van der Waals surface area (Å²) in [5, 5.41) is 32.0. The van der Waals surface area contributed by atoms with Crippen molar-refractivity contribution in [2.24, 2.45) is 0 Å². The molecule has 9 nitrogen and oxygen atoms in total. The first-order chi connectivity index (χ1) is 14.1. The van der Waals surface area contributed by atoms with Crippen molar-refractivity contribution >= 4 is 5.52 Å². The molecule has 9 heteroatoms. The quantitative estimate of drug-likeness (QED) is 0.474. The van der Waals surface area contributed by atoms with E-state index in [9.17, 15) is 10.2 Å². The van der Waals surface area contributed by atoms with Gasteiger partial charge in [0.2, 0.25) is 0 Å². The lowest BCUT2D eigenvalue weighted by molar-refractivity contribution is 0.146. The standard InChI is InChI=1S/C20H25N7O2/c1-3-4-14(2)25-10-16(8-22-25)20-19-5-6-21-27(19)11-18(24-20)15-7-23-26(9-15)17(12-28)13-29/h5-11,14,17,28-29H,3-4,12-13H2,1-2H3. The van der Waals surface area contributed by atoms with E-state index in [1.807, 2.05) is 29.3 Å². The Labute approximate surface area is 168 Å². The molecule has 152 valence electrons. The molecule has 2 N–H and O–H groups in total. The predicted molar refractivity (Wildman–Crippen MR) is 108 cm³/mol. The average molecular weight is 395 g/mol. The minimum Gasteiger partial charge on any atom is -0.394 e. The largest absolute Gasteiger partial charge is 0.394 e. The van der Waals surface area contributed by atoms with Crippen molar-refractivity contribution < 1.29 is 10.2 Å². The molecule has 4 aromatic rings. The van der Waals surface area contributed by atoms with Crippen LogP contribution in [0.25, 0.3) is 28.0 Å². The summed E-state index contributed by atoms with van der Waals surface area (Å²) >= 11 is 0. The highest BCUT2D eigenvalue weighted by Gasteiger charge is 2.16. The van der Waals surface area contributed by atoms with Crippen LogP contribution in [-0.2, 0) is 0 Å². The van der Waals surface area contributed by atoms with E-state index in [1.165, 1.54) is 0 Å². The minimum absolute atomic E-state index is 0.191. The lowest BCUT2D eigenvalue weighted by Crippen LogP contribution is -2.17. The molecule has 0 aliphatic heterocycles. The SMILES string of the molecule is CCCC(C)n1cc(-c2nc(-c3cnn(C(CO)CO)c3)cn3nccc23)cn1. The second-order valence-electron chi connectivity index (χ2n) is 7.21. The number of aromatic nitrogens is 7. The maximum Gasteiger partial charge on any atom is 0.0999 e. The molecule has 0 bridgehead atoms. The molecule has 4 rings (SSSR count). The summed E-state index contributed by atoms with van der Waals surface area (Å²) in [6.07, 6.45) is 13.1. The zero-order valence-electron chi connectivity index (χ0n) is 16.5. The lowest BCUT2D eigenvalue weighted by atomic mass is 10.2. The fourth-order valence-corrected chi connectivity index (χ4v) is 3.43. The molecule has 0 radical (unpaired) electrons. The fourth-order valence-electron chi connectivity index (χ4n) is 3.43. The molecular weight excluding hydrogens is 370 g/mol. The van der Waals surface area contributed by atoms with Crippen LogP contribution >= 0.6 is 0 Å². The number of rotatable bonds is 8. The van der Waals surface area contributed by atoms with Crippen LogP contribution in [-0.4, -0.2) is 57.6 Å². The Morgan fingerprint density at radius 2 is 1.69 bits per heavy atom. The third-order valence-electron chi connectivity index (χ3n) is 5.12. The smallest absolute Gasteiger partial charge is 0.0999 e. The van der Waals surface area contributed by atoms with Crippen molar-refractivity contribution in [1.82, 2.24) is 34.2 Å². The van der Waals surface area contributed by atoms with Crippen molar-refractivity contribution in [1.29, 1.82) is 0 Å². The van der Waals surface area contributed by atoms with E-state index >= 15 is 0 Å². The van der Waals surface area contributed by atoms with Gasteiger partial charge in [-0.25, -0.2) is 9.50 Å². The molecule has 0 amide bonds. The number of aliphatic hydroxyl groups excluding tert-OH is 2. The van der Waals surface area contributed by atoms with Crippen LogP contribution in [0, 0.1) is 0 Å². The maximum absolute atomic E-state index is 9.39. The highest BCUT2D eigenvalue weighted by molar-refractivity contribution is 5.78. The van der Waals surface area contributed by atoms with Crippen LogP contribution in [0.3, 0.4) is 0 Å². The number of hydrogen-bond acceptors (Lipinski definition) is 6. The predicted octanol–water partition coefficient (Wildman–Crippen LogP) is 2.34. The van der Waals surface area contributed by atoms with Gasteiger partial charge in [0.15, 0.2) is 0 Å². The topological polar surface area (TPSA) is 106 Å². The van der Waals surface area contributed by atoms with Gasteiger partial charge in [-0.3, -0.25) is 9.36 Å². The Morgan fingerprint density at radius 3 is 2.45 bits per heavy atom. The van der Waals surface area contributed by atoms with Gasteiger partial charge in [-0.2, -0.15) is 15.3 Å². The van der Waals surface area contributed by atoms with Crippen molar-refractivity contribution in [3.63, 3.8) is 0 Å². The molecule has 1 atom stereocenters. The summed E-state index contributed by atoms with van der Waals surface area (Å²) in [6.45, 7) is 3.94. The highest BCUT2D eigenvalue weighted by Crippen LogP contribution is 2.27. The van der Waals surface area contributed by atoms with Crippen molar-refractivity contribution in [2.75, 3.05) is 13.2 Å². The molecule has 0 fully saturated rings. The van der Waals surface area contributed by atoms with Gasteiger partial charge in [-0.15, -0.1) is 0 Å². The van der Waals surface area contributed by atoms with Gasteiger partial charge >= 0.3 is 0 Å². The monoisotopic (exact) mass is 395 g/mol. The van der Waals surface area contributed by atoms with E-state index in [0.717, 1.165) is 35.2 Å². The lowest BCUT2D eigenvalue weighted by Gasteiger charge is -2.10. The molecule has 0 saturated heterocycles. The van der Waals surface area contributed by atoms with Gasteiger partial charge in [0, 0.05) is 29.6 Å². The number of hydrogen-bond donors (Lipinski definition) is 2. The van der Waals surface area contributed by atoms with Crippen LogP contribution in [0.1, 0.15) is 38.8 Å². The molecule has 0 spiro atoms. The number of aliphatic hydroxyl groups is 2. The average Bonchev–Trinajstić information content (AvgIpc) is 3.48. The normalized spacial score (nSPS) is 12.9. The van der Waals surface area contributed by atoms with Gasteiger partial charge < -0.3 is 10.2 Å². The number of fused-ring (bicyclic) bond motifs is 1. The van der Waals surface area contributed by atoms with Crippen LogP contribution in [0.4, 0.5) is 0 Å². The second kappa shape index (κ2) is 8.14. The van der Waals surface area contributed by atoms with E-state index in [1.54, 1.807) is 27.8 Å². The first kappa shape index (κ1) is 19.3. The van der Waals surface area contributed by atoms with E-state index in [4.69, 9.17) is 4.98 Å². The molecule has 29 heavy (non-hydrogen) atoms. The molecule has 4 heterocycles. The molecule has 4 aromatic heterocycles. The molecule has 0 aliphatic carbocycles. The molecule has 0 saturated carbocycles. The van der Waals surface area contributed by atoms with Gasteiger partial charge in [0.25, 0.3) is 0 Å².